The van der Waals surface area contributed by atoms with Gasteiger partial charge >= 0.3 is 0 Å². The Morgan fingerprint density at radius 2 is 1.90 bits per heavy atom. The summed E-state index contributed by atoms with van der Waals surface area (Å²) in [6.45, 7) is 2.89. The van der Waals surface area contributed by atoms with Gasteiger partial charge in [-0.2, -0.15) is 0 Å². The molecule has 2 unspecified atom stereocenters. The zero-order valence-electron chi connectivity index (χ0n) is 22.8. The predicted octanol–water partition coefficient (Wildman–Crippen LogP) is 2.87. The lowest BCUT2D eigenvalue weighted by Gasteiger charge is -2.32. The molecule has 222 valence electrons. The number of hydrogen-bond donors (Lipinski definition) is 2. The molecule has 2 N–H and O–H groups in total. The number of fused-ring (bicyclic) bond motifs is 1. The van der Waals surface area contributed by atoms with E-state index in [1.54, 1.807) is 0 Å². The van der Waals surface area contributed by atoms with Crippen LogP contribution in [0.15, 0.2) is 46.9 Å². The number of carbonyl (C=O) groups is 1. The number of carbonyl (C=O) groups excluding carboxylic acids is 1. The molecule has 1 amide bonds. The average Bonchev–Trinajstić information content (AvgIpc) is 3.48. The van der Waals surface area contributed by atoms with Gasteiger partial charge < -0.3 is 14.2 Å². The highest BCUT2D eigenvalue weighted by molar-refractivity contribution is 7.92. The van der Waals surface area contributed by atoms with E-state index in [2.05, 4.69) is 31.9 Å². The number of nitrogens with zero attached hydrogens (tertiary/aromatic N) is 5. The first-order valence-corrected chi connectivity index (χ1v) is 17.2. The third-order valence-corrected chi connectivity index (χ3v) is 11.1. The van der Waals surface area contributed by atoms with E-state index in [4.69, 9.17) is 8.97 Å². The van der Waals surface area contributed by atoms with Crippen molar-refractivity contribution in [2.24, 2.45) is 5.92 Å². The van der Waals surface area contributed by atoms with Crippen LogP contribution in [0.4, 0.5) is 0 Å². The molecule has 2 aromatic carbocycles. The van der Waals surface area contributed by atoms with Gasteiger partial charge in [-0.3, -0.25) is 9.35 Å². The second-order valence-corrected chi connectivity index (χ2v) is 14.6. The summed E-state index contributed by atoms with van der Waals surface area (Å²) in [4.78, 5) is 21.9. The number of nitrogens with one attached hydrogen (secondary N) is 1. The lowest BCUT2D eigenvalue weighted by atomic mass is 10.0. The van der Waals surface area contributed by atoms with Gasteiger partial charge in [0.1, 0.15) is 5.01 Å². The lowest BCUT2D eigenvalue weighted by Crippen LogP contribution is -2.47. The van der Waals surface area contributed by atoms with Crippen molar-refractivity contribution in [1.29, 1.82) is 0 Å². The van der Waals surface area contributed by atoms with Crippen molar-refractivity contribution in [3.8, 4) is 11.1 Å². The Hall–Kier alpha value is -3.08. The first kappa shape index (κ1) is 29.0. The Morgan fingerprint density at radius 1 is 1.14 bits per heavy atom. The standard InChI is InChI=1S/C27H30N6O6S3/c1-32-9-11-33(12-10-32)27(34)20-4-2-3-18(13-20)19-7-8-21-22(14-19)40-26(29-21)24(42(37,38)16-17-5-6-17)25-31-30-23(39-25)15-28-41(35)36/h2-4,7-8,13-14,17,24,28H,5-6,9-12,15-16H2,1H3,(H,35,36). The number of aromatic nitrogens is 3. The second kappa shape index (κ2) is 11.9. The maximum Gasteiger partial charge on any atom is 0.253 e. The molecule has 2 aliphatic rings. The Labute approximate surface area is 249 Å². The van der Waals surface area contributed by atoms with Crippen molar-refractivity contribution < 1.29 is 26.4 Å². The second-order valence-electron chi connectivity index (χ2n) is 10.7. The molecule has 3 heterocycles. The van der Waals surface area contributed by atoms with Crippen LogP contribution in [0.5, 0.6) is 0 Å². The normalized spacial score (nSPS) is 17.9. The van der Waals surface area contributed by atoms with E-state index < -0.39 is 26.4 Å². The summed E-state index contributed by atoms with van der Waals surface area (Å²) in [6.07, 6.45) is 1.71. The number of amides is 1. The van der Waals surface area contributed by atoms with Crippen molar-refractivity contribution in [2.45, 2.75) is 24.6 Å². The Kier molecular flexibility index (Phi) is 8.22. The van der Waals surface area contributed by atoms with Crippen LogP contribution >= 0.6 is 11.3 Å². The summed E-state index contributed by atoms with van der Waals surface area (Å²) in [5.74, 6) is -0.0304. The van der Waals surface area contributed by atoms with E-state index in [9.17, 15) is 17.4 Å². The highest BCUT2D eigenvalue weighted by atomic mass is 32.2. The summed E-state index contributed by atoms with van der Waals surface area (Å²) >= 11 is -1.04. The van der Waals surface area contributed by atoms with E-state index in [1.807, 2.05) is 47.4 Å². The van der Waals surface area contributed by atoms with Crippen LogP contribution in [-0.2, 0) is 27.6 Å². The third-order valence-electron chi connectivity index (χ3n) is 7.44. The summed E-state index contributed by atoms with van der Waals surface area (Å²) in [5, 5.41) is 6.91. The summed E-state index contributed by atoms with van der Waals surface area (Å²) < 4.78 is 55.8. The molecule has 0 spiro atoms. The lowest BCUT2D eigenvalue weighted by molar-refractivity contribution is 0.0664. The van der Waals surface area contributed by atoms with E-state index in [-0.39, 0.29) is 35.9 Å². The number of sulfone groups is 1. The number of rotatable bonds is 10. The largest absolute Gasteiger partial charge is 0.422 e. The van der Waals surface area contributed by atoms with Crippen molar-refractivity contribution in [3.63, 3.8) is 0 Å². The monoisotopic (exact) mass is 630 g/mol. The van der Waals surface area contributed by atoms with Crippen molar-refractivity contribution in [3.05, 3.63) is 64.8 Å². The molecule has 12 nitrogen and oxygen atoms in total. The fourth-order valence-electron chi connectivity index (χ4n) is 4.95. The van der Waals surface area contributed by atoms with Gasteiger partial charge in [-0.1, -0.05) is 18.2 Å². The van der Waals surface area contributed by atoms with Gasteiger partial charge in [-0.05, 0) is 61.2 Å². The Bertz CT molecular complexity index is 1740. The van der Waals surface area contributed by atoms with Gasteiger partial charge in [0.2, 0.25) is 23.0 Å². The first-order chi connectivity index (χ1) is 20.2. The van der Waals surface area contributed by atoms with Crippen LogP contribution in [0.1, 0.15) is 45.2 Å². The number of piperazine rings is 1. The van der Waals surface area contributed by atoms with Crippen LogP contribution in [0, 0.1) is 5.92 Å². The fourth-order valence-corrected chi connectivity index (χ4v) is 8.71. The van der Waals surface area contributed by atoms with Crippen LogP contribution in [0.3, 0.4) is 0 Å². The zero-order valence-corrected chi connectivity index (χ0v) is 25.3. The van der Waals surface area contributed by atoms with Crippen LogP contribution in [-0.4, -0.2) is 87.0 Å². The minimum atomic E-state index is -3.75. The molecule has 2 fully saturated rings. The van der Waals surface area contributed by atoms with E-state index in [0.29, 0.717) is 29.2 Å². The maximum absolute atomic E-state index is 13.6. The van der Waals surface area contributed by atoms with Gasteiger partial charge in [-0.15, -0.1) is 21.5 Å². The smallest absolute Gasteiger partial charge is 0.253 e. The molecular formula is C27H30N6O6S3. The SMILES string of the molecule is CN1CCN(C(=O)c2cccc(-c3ccc4nc(C(c5nnc(CNS(=O)O)o5)S(=O)(=O)CC5CC5)sc4c3)c2)CC1. The van der Waals surface area contributed by atoms with Crippen LogP contribution in [0.2, 0.25) is 0 Å². The highest BCUT2D eigenvalue weighted by Gasteiger charge is 2.40. The van der Waals surface area contributed by atoms with Crippen LogP contribution in [0.25, 0.3) is 21.3 Å². The Balaban J connectivity index is 1.30. The molecule has 6 rings (SSSR count). The topological polar surface area (TPSA) is 159 Å². The van der Waals surface area contributed by atoms with Gasteiger partial charge in [0.25, 0.3) is 5.91 Å². The minimum Gasteiger partial charge on any atom is -0.422 e. The third kappa shape index (κ3) is 6.45. The molecular weight excluding hydrogens is 601 g/mol. The van der Waals surface area contributed by atoms with Crippen molar-refractivity contribution in [2.75, 3.05) is 39.0 Å². The number of benzene rings is 2. The molecule has 1 saturated carbocycles. The van der Waals surface area contributed by atoms with Crippen molar-refractivity contribution in [1.82, 2.24) is 29.7 Å². The number of hydrogen-bond acceptors (Lipinski definition) is 10. The number of thiazole rings is 1. The molecule has 0 bridgehead atoms. The van der Waals surface area contributed by atoms with Gasteiger partial charge in [-0.25, -0.2) is 22.3 Å². The number of likely N-dealkylation sites (N-methyl/N-ethyl adjacent to an activating group) is 1. The quantitative estimate of drug-likeness (QED) is 0.250. The molecule has 0 radical (unpaired) electrons. The Morgan fingerprint density at radius 3 is 2.64 bits per heavy atom. The molecule has 42 heavy (non-hydrogen) atoms. The molecule has 4 aromatic rings. The van der Waals surface area contributed by atoms with Crippen LogP contribution < -0.4 is 4.72 Å². The molecule has 2 atom stereocenters. The zero-order chi connectivity index (χ0) is 29.4. The first-order valence-electron chi connectivity index (χ1n) is 13.5. The van der Waals surface area contributed by atoms with Gasteiger partial charge in [0, 0.05) is 31.7 Å². The fraction of sp³-hybridized carbons (Fsp3) is 0.407. The van der Waals surface area contributed by atoms with Gasteiger partial charge in [0.05, 0.1) is 22.5 Å². The molecule has 1 aliphatic heterocycles. The molecule has 15 heteroatoms. The predicted molar refractivity (Wildman–Crippen MR) is 159 cm³/mol. The van der Waals surface area contributed by atoms with E-state index in [1.165, 1.54) is 11.3 Å². The molecule has 2 aromatic heterocycles. The highest BCUT2D eigenvalue weighted by Crippen LogP contribution is 2.40. The van der Waals surface area contributed by atoms with E-state index >= 15 is 0 Å². The molecule has 1 aliphatic carbocycles. The van der Waals surface area contributed by atoms with E-state index in [0.717, 1.165) is 41.8 Å². The minimum absolute atomic E-state index is 0.00609. The van der Waals surface area contributed by atoms with Crippen molar-refractivity contribution >= 4 is 48.6 Å². The summed E-state index contributed by atoms with van der Waals surface area (Å²) in [7, 11) is -1.70. The van der Waals surface area contributed by atoms with Gasteiger partial charge in [0.15, 0.2) is 15.1 Å². The summed E-state index contributed by atoms with van der Waals surface area (Å²) in [6, 6.07) is 13.2. The molecule has 1 saturated heterocycles. The maximum atomic E-state index is 13.6. The average molecular weight is 631 g/mol. The summed E-state index contributed by atoms with van der Waals surface area (Å²) in [5.41, 5.74) is 3.01.